The minimum atomic E-state index is 0.0624. The quantitative estimate of drug-likeness (QED) is 0.319. The summed E-state index contributed by atoms with van der Waals surface area (Å²) in [5.41, 5.74) is 5.03. The van der Waals surface area contributed by atoms with Crippen LogP contribution in [0.25, 0.3) is 22.3 Å². The van der Waals surface area contributed by atoms with Crippen LogP contribution in [0.1, 0.15) is 12.8 Å². The molecule has 0 N–H and O–H groups in total. The van der Waals surface area contributed by atoms with Crippen molar-refractivity contribution in [1.82, 2.24) is 19.7 Å². The van der Waals surface area contributed by atoms with Gasteiger partial charge in [0.05, 0.1) is 49.9 Å². The normalized spacial score (nSPS) is 11.0. The summed E-state index contributed by atoms with van der Waals surface area (Å²) < 4.78 is 24.8. The second kappa shape index (κ2) is 10.3. The Hall–Kier alpha value is -3.72. The van der Waals surface area contributed by atoms with Gasteiger partial charge >= 0.3 is 0 Å². The number of aromatic nitrogens is 4. The molecule has 0 fully saturated rings. The highest BCUT2D eigenvalue weighted by Gasteiger charge is 2.14. The van der Waals surface area contributed by atoms with Crippen molar-refractivity contribution in [1.29, 1.82) is 0 Å². The lowest BCUT2D eigenvalue weighted by molar-refractivity contribution is -0.132. The molecule has 0 radical (unpaired) electrons. The van der Waals surface area contributed by atoms with Crippen LogP contribution in [0.4, 0.5) is 15.9 Å². The molecule has 0 saturated carbocycles. The summed E-state index contributed by atoms with van der Waals surface area (Å²) in [6, 6.07) is 11.6. The fraction of sp³-hybridized carbons (Fsp3) is 0.292. The first-order valence-electron chi connectivity index (χ1n) is 10.6. The summed E-state index contributed by atoms with van der Waals surface area (Å²) in [6.07, 6.45) is 6.74. The SMILES string of the molecule is COc1cc(OC)cc(N(CCCCOF)c2ccc3ncc(-c4cnn(C)c4)nc3c2)c1. The third-order valence-corrected chi connectivity index (χ3v) is 5.34. The largest absolute Gasteiger partial charge is 0.497 e. The van der Waals surface area contributed by atoms with E-state index >= 15 is 0 Å². The van der Waals surface area contributed by atoms with Gasteiger partial charge in [-0.05, 0) is 35.6 Å². The van der Waals surface area contributed by atoms with E-state index in [0.29, 0.717) is 24.5 Å². The van der Waals surface area contributed by atoms with E-state index in [1.54, 1.807) is 31.3 Å². The molecule has 0 aliphatic heterocycles. The molecular weight excluding hydrogens is 425 g/mol. The minimum absolute atomic E-state index is 0.0624. The van der Waals surface area contributed by atoms with Crippen LogP contribution in [0.2, 0.25) is 0 Å². The van der Waals surface area contributed by atoms with E-state index in [1.807, 2.05) is 49.6 Å². The number of fused-ring (bicyclic) bond motifs is 1. The number of hydrogen-bond acceptors (Lipinski definition) is 7. The van der Waals surface area contributed by atoms with Crippen molar-refractivity contribution in [3.8, 4) is 22.8 Å². The van der Waals surface area contributed by atoms with Gasteiger partial charge in [0, 0.05) is 54.9 Å². The van der Waals surface area contributed by atoms with E-state index in [9.17, 15) is 4.53 Å². The van der Waals surface area contributed by atoms with Crippen LogP contribution >= 0.6 is 0 Å². The van der Waals surface area contributed by atoms with E-state index < -0.39 is 0 Å². The maximum Gasteiger partial charge on any atom is 0.124 e. The predicted molar refractivity (Wildman–Crippen MR) is 125 cm³/mol. The number of methoxy groups -OCH3 is 2. The molecule has 0 amide bonds. The van der Waals surface area contributed by atoms with Crippen molar-refractivity contribution in [2.24, 2.45) is 7.05 Å². The lowest BCUT2D eigenvalue weighted by Gasteiger charge is -2.26. The van der Waals surface area contributed by atoms with Gasteiger partial charge < -0.3 is 14.4 Å². The number of aryl methyl sites for hydroxylation is 1. The monoisotopic (exact) mass is 451 g/mol. The van der Waals surface area contributed by atoms with Crippen LogP contribution in [-0.4, -0.2) is 47.1 Å². The van der Waals surface area contributed by atoms with Crippen molar-refractivity contribution >= 4 is 22.4 Å². The molecule has 0 atom stereocenters. The Morgan fingerprint density at radius 3 is 2.39 bits per heavy atom. The van der Waals surface area contributed by atoms with Crippen LogP contribution in [0.3, 0.4) is 0 Å². The summed E-state index contributed by atoms with van der Waals surface area (Å²) in [7, 11) is 5.10. The highest BCUT2D eigenvalue weighted by Crippen LogP contribution is 2.34. The lowest BCUT2D eigenvalue weighted by atomic mass is 10.1. The average Bonchev–Trinajstić information content (AvgIpc) is 3.29. The Balaban J connectivity index is 1.74. The van der Waals surface area contributed by atoms with Gasteiger partial charge in [0.25, 0.3) is 0 Å². The van der Waals surface area contributed by atoms with E-state index in [1.165, 1.54) is 0 Å². The van der Waals surface area contributed by atoms with Gasteiger partial charge in [0.1, 0.15) is 11.5 Å². The highest BCUT2D eigenvalue weighted by atomic mass is 19.3. The van der Waals surface area contributed by atoms with Gasteiger partial charge in [-0.15, -0.1) is 0 Å². The van der Waals surface area contributed by atoms with E-state index in [-0.39, 0.29) is 6.61 Å². The van der Waals surface area contributed by atoms with Crippen molar-refractivity contribution in [2.45, 2.75) is 12.8 Å². The Morgan fingerprint density at radius 1 is 0.939 bits per heavy atom. The van der Waals surface area contributed by atoms with Gasteiger partial charge in [-0.1, -0.05) is 0 Å². The molecule has 2 aromatic carbocycles. The van der Waals surface area contributed by atoms with Crippen LogP contribution in [0.5, 0.6) is 11.5 Å². The summed E-state index contributed by atoms with van der Waals surface area (Å²) in [6.45, 7) is 0.702. The third-order valence-electron chi connectivity index (χ3n) is 5.34. The van der Waals surface area contributed by atoms with Crippen LogP contribution in [0.15, 0.2) is 55.0 Å². The molecule has 2 heterocycles. The fourth-order valence-corrected chi connectivity index (χ4v) is 3.64. The topological polar surface area (TPSA) is 74.5 Å². The summed E-state index contributed by atoms with van der Waals surface area (Å²) in [5.74, 6) is 1.36. The van der Waals surface area contributed by atoms with Gasteiger partial charge in [-0.25, -0.2) is 4.98 Å². The van der Waals surface area contributed by atoms with Crippen molar-refractivity contribution < 1.29 is 18.9 Å². The number of benzene rings is 2. The molecule has 9 heteroatoms. The number of rotatable bonds is 10. The van der Waals surface area contributed by atoms with Gasteiger partial charge in [-0.2, -0.15) is 10.0 Å². The Kier molecular flexibility index (Phi) is 6.99. The molecule has 0 saturated heterocycles. The van der Waals surface area contributed by atoms with Crippen LogP contribution in [-0.2, 0) is 12.0 Å². The minimum Gasteiger partial charge on any atom is -0.497 e. The van der Waals surface area contributed by atoms with Gasteiger partial charge in [0.2, 0.25) is 0 Å². The molecule has 8 nitrogen and oxygen atoms in total. The number of nitrogens with zero attached hydrogens (tertiary/aromatic N) is 5. The molecule has 172 valence electrons. The molecule has 2 aromatic heterocycles. The van der Waals surface area contributed by atoms with Gasteiger partial charge in [-0.3, -0.25) is 9.67 Å². The fourth-order valence-electron chi connectivity index (χ4n) is 3.64. The molecule has 0 bridgehead atoms. The number of unbranched alkanes of at least 4 members (excludes halogenated alkanes) is 1. The molecular formula is C24H26FN5O3. The first-order valence-corrected chi connectivity index (χ1v) is 10.6. The standard InChI is InChI=1S/C24H26FN5O3/c1-29-16-17(14-27-29)24-15-26-22-7-6-18(12-23(22)28-24)30(8-4-5-9-33-25)19-10-20(31-2)13-21(11-19)32-3/h6-7,10-16H,4-5,8-9H2,1-3H3. The average molecular weight is 452 g/mol. The van der Waals surface area contributed by atoms with Gasteiger partial charge in [0.15, 0.2) is 0 Å². The zero-order valence-electron chi connectivity index (χ0n) is 18.9. The Labute approximate surface area is 191 Å². The molecule has 0 spiro atoms. The zero-order chi connectivity index (χ0) is 23.2. The first kappa shape index (κ1) is 22.5. The molecule has 33 heavy (non-hydrogen) atoms. The van der Waals surface area contributed by atoms with E-state index in [0.717, 1.165) is 40.1 Å². The highest BCUT2D eigenvalue weighted by molar-refractivity contribution is 5.82. The molecule has 0 aliphatic rings. The van der Waals surface area contributed by atoms with Crippen molar-refractivity contribution in [3.05, 3.63) is 55.0 Å². The molecule has 0 unspecified atom stereocenters. The predicted octanol–water partition coefficient (Wildman–Crippen LogP) is 4.87. The van der Waals surface area contributed by atoms with E-state index in [2.05, 4.69) is 19.9 Å². The molecule has 4 aromatic rings. The van der Waals surface area contributed by atoms with Crippen LogP contribution in [0, 0.1) is 0 Å². The molecule has 4 rings (SSSR count). The van der Waals surface area contributed by atoms with E-state index in [4.69, 9.17) is 14.5 Å². The lowest BCUT2D eigenvalue weighted by Crippen LogP contribution is -2.19. The summed E-state index contributed by atoms with van der Waals surface area (Å²) in [4.78, 5) is 15.2. The second-order valence-corrected chi connectivity index (χ2v) is 7.57. The number of anilines is 2. The number of hydrogen-bond donors (Lipinski definition) is 0. The summed E-state index contributed by atoms with van der Waals surface area (Å²) in [5, 5.41) is 4.22. The van der Waals surface area contributed by atoms with Crippen LogP contribution < -0.4 is 14.4 Å². The van der Waals surface area contributed by atoms with Crippen molar-refractivity contribution in [3.63, 3.8) is 0 Å². The number of halogens is 1. The summed E-state index contributed by atoms with van der Waals surface area (Å²) >= 11 is 0. The number of ether oxygens (including phenoxy) is 2. The third kappa shape index (κ3) is 5.20. The second-order valence-electron chi connectivity index (χ2n) is 7.57. The van der Waals surface area contributed by atoms with Crippen molar-refractivity contribution in [2.75, 3.05) is 32.3 Å². The zero-order valence-corrected chi connectivity index (χ0v) is 18.9. The Morgan fingerprint density at radius 2 is 1.73 bits per heavy atom. The molecule has 0 aliphatic carbocycles. The first-order chi connectivity index (χ1) is 16.1. The maximum atomic E-state index is 12.1. The maximum absolute atomic E-state index is 12.1. The Bertz CT molecular complexity index is 1210. The smallest absolute Gasteiger partial charge is 0.124 e.